The molecule has 0 heteroatoms. The molecule has 0 aromatic carbocycles. The van der Waals surface area contributed by atoms with E-state index < -0.39 is 0 Å². The number of hydrogen-bond donors (Lipinski definition) is 0. The Balaban J connectivity index is -0.0000000133. The molecule has 0 atom stereocenters. The van der Waals surface area contributed by atoms with Gasteiger partial charge in [0.25, 0.3) is 0 Å². The van der Waals surface area contributed by atoms with Gasteiger partial charge in [0.15, 0.2) is 0 Å². The summed E-state index contributed by atoms with van der Waals surface area (Å²) in [5.41, 5.74) is 0. The zero-order chi connectivity index (χ0) is 4.28. The van der Waals surface area contributed by atoms with E-state index in [9.17, 15) is 0 Å². The Morgan fingerprint density at radius 3 is 1.00 bits per heavy atom. The van der Waals surface area contributed by atoms with Gasteiger partial charge >= 0.3 is 0 Å². The molecule has 0 unspecified atom stereocenters. The van der Waals surface area contributed by atoms with Crippen LogP contribution in [-0.4, -0.2) is 0 Å². The molecule has 0 heterocycles. The molecule has 0 aliphatic rings. The molecule has 0 nitrogen and oxygen atoms in total. The molecule has 0 saturated carbocycles. The Bertz CT molecular complexity index is 14.0. The van der Waals surface area contributed by atoms with Gasteiger partial charge in [-0.15, -0.1) is 0 Å². The minimum atomic E-state index is 0. The maximum Gasteiger partial charge on any atom is -0.0474 e. The predicted molar refractivity (Wildman–Crippen MR) is 52.1 cm³/mol. The smallest absolute Gasteiger partial charge is 0.0474 e. The van der Waals surface area contributed by atoms with Crippen molar-refractivity contribution in [1.82, 2.24) is 0 Å². The van der Waals surface area contributed by atoms with Crippen molar-refractivity contribution in [3.8, 4) is 0 Å². The molecule has 0 aromatic rings. The van der Waals surface area contributed by atoms with E-state index in [0.29, 0.717) is 0 Å². The van der Waals surface area contributed by atoms with Crippen molar-refractivity contribution in [2.75, 3.05) is 0 Å². The molecule has 64 valence electrons. The predicted octanol–water partition coefficient (Wildman–Crippen LogP) is 4.60. The van der Waals surface area contributed by atoms with Crippen LogP contribution in [0.2, 0.25) is 0 Å². The maximum atomic E-state index is 2.22. The first-order valence-electron chi connectivity index (χ1n) is 2.27. The van der Waals surface area contributed by atoms with E-state index in [1.807, 2.05) is 0 Å². The largest absolute Gasteiger partial charge is 0.0776 e. The summed E-state index contributed by atoms with van der Waals surface area (Å²) in [6.07, 6.45) is 1.31. The summed E-state index contributed by atoms with van der Waals surface area (Å²) < 4.78 is 0. The van der Waals surface area contributed by atoms with Crippen molar-refractivity contribution in [3.05, 3.63) is 0 Å². The van der Waals surface area contributed by atoms with Crippen LogP contribution >= 0.6 is 0 Å². The Morgan fingerprint density at radius 1 is 0.889 bits per heavy atom. The van der Waals surface area contributed by atoms with E-state index in [2.05, 4.69) is 20.8 Å². The monoisotopic (exact) mass is 136 g/mol. The molecule has 0 amide bonds. The van der Waals surface area contributed by atoms with Crippen LogP contribution in [0.25, 0.3) is 0 Å². The van der Waals surface area contributed by atoms with Crippen molar-refractivity contribution in [2.45, 2.75) is 56.9 Å². The third-order valence-corrected chi connectivity index (χ3v) is 0.816. The quantitative estimate of drug-likeness (QED) is 0.494. The van der Waals surface area contributed by atoms with Crippen LogP contribution in [0.15, 0.2) is 0 Å². The van der Waals surface area contributed by atoms with Crippen LogP contribution in [0.5, 0.6) is 0 Å². The van der Waals surface area contributed by atoms with E-state index >= 15 is 0 Å². The summed E-state index contributed by atoms with van der Waals surface area (Å²) in [6.45, 7) is 6.64. The van der Waals surface area contributed by atoms with E-state index in [1.54, 1.807) is 0 Å². The maximum absolute atomic E-state index is 2.22. The van der Waals surface area contributed by atoms with Gasteiger partial charge in [-0.3, -0.25) is 0 Å². The fraction of sp³-hybridized carbons (Fsp3) is 1.00. The molecule has 0 fully saturated rings. The molecule has 9 heavy (non-hydrogen) atoms. The average molecular weight is 136 g/mol. The second kappa shape index (κ2) is 24.5. The van der Waals surface area contributed by atoms with Crippen LogP contribution in [0.1, 0.15) is 56.9 Å². The lowest BCUT2D eigenvalue weighted by molar-refractivity contribution is 0.626. The van der Waals surface area contributed by atoms with Crippen molar-refractivity contribution in [2.24, 2.45) is 5.92 Å². The third-order valence-electron chi connectivity index (χ3n) is 0.816. The van der Waals surface area contributed by atoms with E-state index in [1.165, 1.54) is 6.42 Å². The first-order valence-corrected chi connectivity index (χ1v) is 2.27. The Morgan fingerprint density at radius 2 is 1.00 bits per heavy atom. The molecule has 0 bridgehead atoms. The summed E-state index contributed by atoms with van der Waals surface area (Å²) in [4.78, 5) is 0. The first kappa shape index (κ1) is 36.0. The Hall–Kier alpha value is 0. The Labute approximate surface area is 63.7 Å². The highest BCUT2D eigenvalue weighted by Gasteiger charge is 1.80. The Kier molecular flexibility index (Phi) is 98.0. The van der Waals surface area contributed by atoms with Gasteiger partial charge < -0.3 is 0 Å². The summed E-state index contributed by atoms with van der Waals surface area (Å²) in [6, 6.07) is 0. The SMILES string of the molecule is C.C.C.C.CCC(C)C. The van der Waals surface area contributed by atoms with Gasteiger partial charge in [-0.05, 0) is 5.92 Å². The second-order valence-electron chi connectivity index (χ2n) is 1.80. The fourth-order valence-electron chi connectivity index (χ4n) is 0. The van der Waals surface area contributed by atoms with Crippen molar-refractivity contribution in [1.29, 1.82) is 0 Å². The minimum absolute atomic E-state index is 0. The van der Waals surface area contributed by atoms with Crippen molar-refractivity contribution in [3.63, 3.8) is 0 Å². The van der Waals surface area contributed by atoms with Gasteiger partial charge in [-0.25, -0.2) is 0 Å². The highest BCUT2D eigenvalue weighted by Crippen LogP contribution is 1.93. The van der Waals surface area contributed by atoms with Gasteiger partial charge in [0.2, 0.25) is 0 Å². The number of hydrogen-bond acceptors (Lipinski definition) is 0. The third kappa shape index (κ3) is 72.0. The van der Waals surface area contributed by atoms with Crippen LogP contribution in [-0.2, 0) is 0 Å². The molecule has 0 N–H and O–H groups in total. The minimum Gasteiger partial charge on any atom is -0.0776 e. The molecular weight excluding hydrogens is 108 g/mol. The fourth-order valence-corrected chi connectivity index (χ4v) is 0. The van der Waals surface area contributed by atoms with E-state index in [-0.39, 0.29) is 29.7 Å². The molecular formula is C9H28. The normalized spacial score (nSPS) is 5.33. The zero-order valence-corrected chi connectivity index (χ0v) is 4.28. The van der Waals surface area contributed by atoms with Gasteiger partial charge in [-0.1, -0.05) is 56.9 Å². The molecule has 0 radical (unpaired) electrons. The molecule has 0 aliphatic heterocycles. The lowest BCUT2D eigenvalue weighted by Gasteiger charge is -1.90. The lowest BCUT2D eigenvalue weighted by atomic mass is 10.2. The highest BCUT2D eigenvalue weighted by atomic mass is 13.9. The molecule has 0 aromatic heterocycles. The van der Waals surface area contributed by atoms with Crippen LogP contribution in [0, 0.1) is 5.92 Å². The van der Waals surface area contributed by atoms with E-state index in [4.69, 9.17) is 0 Å². The molecule has 0 saturated heterocycles. The topological polar surface area (TPSA) is 0 Å². The number of rotatable bonds is 1. The van der Waals surface area contributed by atoms with Crippen molar-refractivity contribution >= 4 is 0 Å². The first-order chi connectivity index (χ1) is 2.27. The molecule has 0 spiro atoms. The summed E-state index contributed by atoms with van der Waals surface area (Å²) >= 11 is 0. The standard InChI is InChI=1S/C5H12.4CH4/c1-4-5(2)3;;;;/h5H,4H2,1-3H3;4*1H4. The second-order valence-corrected chi connectivity index (χ2v) is 1.80. The molecule has 0 aliphatic carbocycles. The average Bonchev–Trinajstić information content (AvgIpc) is 1.38. The van der Waals surface area contributed by atoms with Gasteiger partial charge in [0.1, 0.15) is 0 Å². The van der Waals surface area contributed by atoms with Crippen LogP contribution in [0.4, 0.5) is 0 Å². The zero-order valence-electron chi connectivity index (χ0n) is 4.28. The summed E-state index contributed by atoms with van der Waals surface area (Å²) in [5, 5.41) is 0. The van der Waals surface area contributed by atoms with Crippen LogP contribution < -0.4 is 0 Å². The lowest BCUT2D eigenvalue weighted by Crippen LogP contribution is -1.77. The van der Waals surface area contributed by atoms with Crippen molar-refractivity contribution < 1.29 is 0 Å². The van der Waals surface area contributed by atoms with Gasteiger partial charge in [0.05, 0.1) is 0 Å². The van der Waals surface area contributed by atoms with Gasteiger partial charge in [-0.2, -0.15) is 0 Å². The molecule has 0 rings (SSSR count). The highest BCUT2D eigenvalue weighted by molar-refractivity contribution is 4.32. The summed E-state index contributed by atoms with van der Waals surface area (Å²) in [7, 11) is 0. The summed E-state index contributed by atoms with van der Waals surface area (Å²) in [5.74, 6) is 0.884. The van der Waals surface area contributed by atoms with Crippen LogP contribution in [0.3, 0.4) is 0 Å². The van der Waals surface area contributed by atoms with E-state index in [0.717, 1.165) is 5.92 Å². The van der Waals surface area contributed by atoms with Gasteiger partial charge in [0, 0.05) is 0 Å².